The van der Waals surface area contributed by atoms with E-state index < -0.39 is 0 Å². The summed E-state index contributed by atoms with van der Waals surface area (Å²) < 4.78 is 10.7. The van der Waals surface area contributed by atoms with E-state index in [0.29, 0.717) is 22.4 Å². The third-order valence-corrected chi connectivity index (χ3v) is 2.29. The predicted molar refractivity (Wildman–Crippen MR) is 62.3 cm³/mol. The number of benzene rings is 1. The second-order valence-electron chi connectivity index (χ2n) is 3.04. The highest BCUT2D eigenvalue weighted by Gasteiger charge is 2.10. The molecule has 2 rings (SSSR count). The minimum Gasteiger partial charge on any atom is -0.493 e. The lowest BCUT2D eigenvalue weighted by Gasteiger charge is -2.10. The van der Waals surface area contributed by atoms with Crippen LogP contribution < -0.4 is 9.47 Å². The van der Waals surface area contributed by atoms with Crippen molar-refractivity contribution in [2.75, 3.05) is 7.11 Å². The van der Waals surface area contributed by atoms with Gasteiger partial charge in [0, 0.05) is 12.3 Å². The van der Waals surface area contributed by atoms with Crippen molar-refractivity contribution in [1.82, 2.24) is 4.98 Å². The van der Waals surface area contributed by atoms with Gasteiger partial charge < -0.3 is 9.47 Å². The molecule has 0 aliphatic rings. The van der Waals surface area contributed by atoms with E-state index in [0.717, 1.165) is 0 Å². The molecular formula is C12H10ClNO2. The molecule has 82 valence electrons. The molecule has 0 unspecified atom stereocenters. The van der Waals surface area contributed by atoms with Gasteiger partial charge in [0.2, 0.25) is 5.88 Å². The maximum atomic E-state index is 6.03. The zero-order chi connectivity index (χ0) is 11.4. The minimum absolute atomic E-state index is 0.477. The van der Waals surface area contributed by atoms with Gasteiger partial charge in [0.15, 0.2) is 11.5 Å². The smallest absolute Gasteiger partial charge is 0.219 e. The number of nitrogens with zero attached hydrogens (tertiary/aromatic N) is 1. The average molecular weight is 236 g/mol. The maximum Gasteiger partial charge on any atom is 0.219 e. The molecule has 0 fully saturated rings. The van der Waals surface area contributed by atoms with Crippen molar-refractivity contribution < 1.29 is 9.47 Å². The lowest BCUT2D eigenvalue weighted by molar-refractivity contribution is 0.374. The molecule has 16 heavy (non-hydrogen) atoms. The first-order chi connectivity index (χ1) is 7.81. The first-order valence-electron chi connectivity index (χ1n) is 4.72. The summed E-state index contributed by atoms with van der Waals surface area (Å²) >= 11 is 6.03. The van der Waals surface area contributed by atoms with E-state index in [1.807, 2.05) is 12.1 Å². The molecule has 0 N–H and O–H groups in total. The van der Waals surface area contributed by atoms with E-state index in [2.05, 4.69) is 4.98 Å². The Balaban J connectivity index is 2.34. The minimum atomic E-state index is 0.477. The van der Waals surface area contributed by atoms with E-state index in [-0.39, 0.29) is 0 Å². The number of ether oxygens (including phenoxy) is 2. The molecule has 4 heteroatoms. The molecule has 0 atom stereocenters. The van der Waals surface area contributed by atoms with E-state index in [4.69, 9.17) is 21.1 Å². The molecule has 0 aliphatic carbocycles. The van der Waals surface area contributed by atoms with Crippen LogP contribution in [0.3, 0.4) is 0 Å². The van der Waals surface area contributed by atoms with Crippen molar-refractivity contribution in [3.8, 4) is 17.4 Å². The third kappa shape index (κ3) is 2.25. The Bertz CT molecular complexity index is 474. The summed E-state index contributed by atoms with van der Waals surface area (Å²) in [4.78, 5) is 4.05. The Labute approximate surface area is 98.6 Å². The zero-order valence-electron chi connectivity index (χ0n) is 8.68. The van der Waals surface area contributed by atoms with Crippen LogP contribution in [0.1, 0.15) is 0 Å². The fourth-order valence-corrected chi connectivity index (χ4v) is 1.47. The Kier molecular flexibility index (Phi) is 3.27. The number of aromatic nitrogens is 1. The van der Waals surface area contributed by atoms with Crippen LogP contribution in [0.4, 0.5) is 0 Å². The Hall–Kier alpha value is -1.74. The fourth-order valence-electron chi connectivity index (χ4n) is 1.26. The average Bonchev–Trinajstić information content (AvgIpc) is 2.33. The van der Waals surface area contributed by atoms with Gasteiger partial charge in [-0.3, -0.25) is 0 Å². The summed E-state index contributed by atoms with van der Waals surface area (Å²) in [5.74, 6) is 1.54. The van der Waals surface area contributed by atoms with Crippen molar-refractivity contribution in [2.24, 2.45) is 0 Å². The highest BCUT2D eigenvalue weighted by atomic mass is 35.5. The number of para-hydroxylation sites is 1. The van der Waals surface area contributed by atoms with Crippen LogP contribution >= 0.6 is 11.6 Å². The Morgan fingerprint density at radius 1 is 1.12 bits per heavy atom. The van der Waals surface area contributed by atoms with Gasteiger partial charge in [-0.15, -0.1) is 0 Å². The third-order valence-electron chi connectivity index (χ3n) is 2.00. The standard InChI is InChI=1S/C12H10ClNO2/c1-15-10-6-4-5-9(13)12(10)16-11-7-2-3-8-14-11/h2-8H,1H3. The van der Waals surface area contributed by atoms with Crippen molar-refractivity contribution in [2.45, 2.75) is 0 Å². The number of hydrogen-bond acceptors (Lipinski definition) is 3. The van der Waals surface area contributed by atoms with E-state index >= 15 is 0 Å². The van der Waals surface area contributed by atoms with Gasteiger partial charge in [-0.2, -0.15) is 0 Å². The number of hydrogen-bond donors (Lipinski definition) is 0. The summed E-state index contributed by atoms with van der Waals surface area (Å²) in [6.07, 6.45) is 1.65. The Morgan fingerprint density at radius 3 is 2.69 bits per heavy atom. The number of halogens is 1. The van der Waals surface area contributed by atoms with Crippen molar-refractivity contribution in [1.29, 1.82) is 0 Å². The first-order valence-corrected chi connectivity index (χ1v) is 5.10. The maximum absolute atomic E-state index is 6.03. The van der Waals surface area contributed by atoms with Gasteiger partial charge in [0.25, 0.3) is 0 Å². The number of methoxy groups -OCH3 is 1. The normalized spacial score (nSPS) is 9.88. The van der Waals surface area contributed by atoms with Crippen LogP contribution in [-0.4, -0.2) is 12.1 Å². The lowest BCUT2D eigenvalue weighted by atomic mass is 10.3. The molecule has 3 nitrogen and oxygen atoms in total. The summed E-state index contributed by atoms with van der Waals surface area (Å²) in [5.41, 5.74) is 0. The molecule has 0 spiro atoms. The highest BCUT2D eigenvalue weighted by molar-refractivity contribution is 6.32. The van der Waals surface area contributed by atoms with Crippen LogP contribution in [0, 0.1) is 0 Å². The molecule has 0 bridgehead atoms. The monoisotopic (exact) mass is 235 g/mol. The lowest BCUT2D eigenvalue weighted by Crippen LogP contribution is -1.92. The SMILES string of the molecule is COc1cccc(Cl)c1Oc1ccccn1. The summed E-state index contributed by atoms with van der Waals surface area (Å²) in [7, 11) is 1.57. The molecule has 1 heterocycles. The Morgan fingerprint density at radius 2 is 2.00 bits per heavy atom. The van der Waals surface area contributed by atoms with Gasteiger partial charge in [0.1, 0.15) is 0 Å². The fraction of sp³-hybridized carbons (Fsp3) is 0.0833. The number of rotatable bonds is 3. The van der Waals surface area contributed by atoms with Gasteiger partial charge in [-0.25, -0.2) is 4.98 Å². The molecule has 0 aliphatic heterocycles. The quantitative estimate of drug-likeness (QED) is 0.816. The zero-order valence-corrected chi connectivity index (χ0v) is 9.44. The van der Waals surface area contributed by atoms with Crippen LogP contribution in [0.2, 0.25) is 5.02 Å². The van der Waals surface area contributed by atoms with Crippen LogP contribution in [0.5, 0.6) is 17.4 Å². The molecule has 2 aromatic rings. The van der Waals surface area contributed by atoms with E-state index in [1.165, 1.54) is 0 Å². The largest absolute Gasteiger partial charge is 0.493 e. The summed E-state index contributed by atoms with van der Waals surface area (Å²) in [6.45, 7) is 0. The van der Waals surface area contributed by atoms with E-state index in [1.54, 1.807) is 37.6 Å². The van der Waals surface area contributed by atoms with E-state index in [9.17, 15) is 0 Å². The summed E-state index contributed by atoms with van der Waals surface area (Å²) in [6, 6.07) is 10.7. The highest BCUT2D eigenvalue weighted by Crippen LogP contribution is 2.37. The second kappa shape index (κ2) is 4.86. The number of pyridine rings is 1. The van der Waals surface area contributed by atoms with Crippen molar-refractivity contribution in [3.63, 3.8) is 0 Å². The summed E-state index contributed by atoms with van der Waals surface area (Å²) in [5, 5.41) is 0.491. The van der Waals surface area contributed by atoms with Gasteiger partial charge in [0.05, 0.1) is 12.1 Å². The molecular weight excluding hydrogens is 226 g/mol. The van der Waals surface area contributed by atoms with Crippen LogP contribution in [0.25, 0.3) is 0 Å². The predicted octanol–water partition coefficient (Wildman–Crippen LogP) is 3.54. The van der Waals surface area contributed by atoms with Crippen LogP contribution in [-0.2, 0) is 0 Å². The molecule has 0 amide bonds. The topological polar surface area (TPSA) is 31.4 Å². The molecule has 1 aromatic carbocycles. The molecule has 0 radical (unpaired) electrons. The molecule has 1 aromatic heterocycles. The van der Waals surface area contributed by atoms with Crippen molar-refractivity contribution in [3.05, 3.63) is 47.6 Å². The molecule has 0 saturated carbocycles. The van der Waals surface area contributed by atoms with Gasteiger partial charge in [-0.05, 0) is 18.2 Å². The van der Waals surface area contributed by atoms with Gasteiger partial charge in [-0.1, -0.05) is 23.7 Å². The second-order valence-corrected chi connectivity index (χ2v) is 3.45. The molecule has 0 saturated heterocycles. The van der Waals surface area contributed by atoms with Crippen molar-refractivity contribution >= 4 is 11.6 Å². The van der Waals surface area contributed by atoms with Crippen LogP contribution in [0.15, 0.2) is 42.6 Å². The van der Waals surface area contributed by atoms with Gasteiger partial charge >= 0.3 is 0 Å². The first kappa shape index (κ1) is 10.8.